The predicted octanol–water partition coefficient (Wildman–Crippen LogP) is 2.13. The Kier molecular flexibility index (Phi) is 7.25. The third-order valence-corrected chi connectivity index (χ3v) is 2.68. The molecule has 1 atom stereocenters. The van der Waals surface area contributed by atoms with Gasteiger partial charge in [-0.1, -0.05) is 0 Å². The van der Waals surface area contributed by atoms with Crippen LogP contribution in [0.15, 0.2) is 24.3 Å². The highest BCUT2D eigenvalue weighted by Gasteiger charge is 2.15. The molecule has 0 bridgehead atoms. The van der Waals surface area contributed by atoms with E-state index in [1.54, 1.807) is 21.3 Å². The van der Waals surface area contributed by atoms with Crippen LogP contribution in [0.5, 0.6) is 5.75 Å². The van der Waals surface area contributed by atoms with Gasteiger partial charge in [0.05, 0.1) is 12.6 Å². The van der Waals surface area contributed by atoms with Crippen LogP contribution in [-0.2, 0) is 14.2 Å². The molecule has 5 nitrogen and oxygen atoms in total. The molecule has 0 aliphatic heterocycles. The highest BCUT2D eigenvalue weighted by atomic mass is 16.7. The van der Waals surface area contributed by atoms with Crippen LogP contribution in [0, 0.1) is 0 Å². The van der Waals surface area contributed by atoms with E-state index in [1.165, 1.54) is 0 Å². The Balaban J connectivity index is 2.47. The Morgan fingerprint density at radius 1 is 1.00 bits per heavy atom. The molecule has 0 aliphatic rings. The maximum Gasteiger partial charge on any atom is 0.176 e. The molecule has 1 aromatic carbocycles. The number of anilines is 1. The average molecular weight is 269 g/mol. The fourth-order valence-electron chi connectivity index (χ4n) is 1.73. The van der Waals surface area contributed by atoms with Gasteiger partial charge in [-0.05, 0) is 31.2 Å². The lowest BCUT2D eigenvalue weighted by Crippen LogP contribution is -2.33. The molecular weight excluding hydrogens is 246 g/mol. The normalized spacial score (nSPS) is 12.5. The summed E-state index contributed by atoms with van der Waals surface area (Å²) in [5.41, 5.74) is 0.991. The maximum atomic E-state index is 5.49. The van der Waals surface area contributed by atoms with E-state index < -0.39 is 0 Å². The molecule has 0 spiro atoms. The second-order valence-electron chi connectivity index (χ2n) is 4.14. The van der Waals surface area contributed by atoms with E-state index >= 15 is 0 Å². The molecule has 5 heteroatoms. The minimum atomic E-state index is -0.280. The first kappa shape index (κ1) is 15.8. The highest BCUT2D eigenvalue weighted by Crippen LogP contribution is 2.17. The van der Waals surface area contributed by atoms with Crippen LogP contribution in [0.25, 0.3) is 0 Å². The maximum absolute atomic E-state index is 5.49. The first-order chi connectivity index (χ1) is 9.21. The lowest BCUT2D eigenvalue weighted by atomic mass is 10.2. The summed E-state index contributed by atoms with van der Waals surface area (Å²) in [5.74, 6) is 0.824. The fourth-order valence-corrected chi connectivity index (χ4v) is 1.73. The molecule has 108 valence electrons. The zero-order valence-corrected chi connectivity index (χ0v) is 12.0. The summed E-state index contributed by atoms with van der Waals surface area (Å²) < 4.78 is 20.8. The monoisotopic (exact) mass is 269 g/mol. The summed E-state index contributed by atoms with van der Waals surface area (Å²) in [5, 5.41) is 3.31. The standard InChI is InChI=1S/C14H23NO4/c1-11(14(17-3)18-4)15-12-5-7-13(8-6-12)19-10-9-16-2/h5-8,11,14-15H,9-10H2,1-4H3. The lowest BCUT2D eigenvalue weighted by Gasteiger charge is -2.23. The molecule has 0 fully saturated rings. The largest absolute Gasteiger partial charge is 0.491 e. The molecule has 0 aliphatic carbocycles. The number of hydrogen-bond acceptors (Lipinski definition) is 5. The summed E-state index contributed by atoms with van der Waals surface area (Å²) >= 11 is 0. The van der Waals surface area contributed by atoms with Gasteiger partial charge < -0.3 is 24.3 Å². The smallest absolute Gasteiger partial charge is 0.176 e. The Hall–Kier alpha value is -1.30. The van der Waals surface area contributed by atoms with E-state index in [0.717, 1.165) is 11.4 Å². The molecule has 1 rings (SSSR count). The average Bonchev–Trinajstić information content (AvgIpc) is 2.42. The second-order valence-corrected chi connectivity index (χ2v) is 4.14. The number of hydrogen-bond donors (Lipinski definition) is 1. The van der Waals surface area contributed by atoms with Crippen molar-refractivity contribution in [2.24, 2.45) is 0 Å². The third kappa shape index (κ3) is 5.46. The Bertz CT molecular complexity index is 338. The summed E-state index contributed by atoms with van der Waals surface area (Å²) in [6, 6.07) is 7.80. The van der Waals surface area contributed by atoms with Crippen molar-refractivity contribution >= 4 is 5.69 Å². The van der Waals surface area contributed by atoms with Crippen molar-refractivity contribution < 1.29 is 18.9 Å². The van der Waals surface area contributed by atoms with Gasteiger partial charge in [0.2, 0.25) is 0 Å². The van der Waals surface area contributed by atoms with E-state index in [2.05, 4.69) is 5.32 Å². The van der Waals surface area contributed by atoms with Crippen LogP contribution >= 0.6 is 0 Å². The first-order valence-electron chi connectivity index (χ1n) is 6.25. The van der Waals surface area contributed by atoms with Gasteiger partial charge >= 0.3 is 0 Å². The molecule has 0 heterocycles. The predicted molar refractivity (Wildman–Crippen MR) is 74.7 cm³/mol. The molecule has 1 aromatic rings. The zero-order chi connectivity index (χ0) is 14.1. The van der Waals surface area contributed by atoms with Crippen LogP contribution in [0.2, 0.25) is 0 Å². The van der Waals surface area contributed by atoms with Crippen molar-refractivity contribution in [3.05, 3.63) is 24.3 Å². The molecule has 0 saturated carbocycles. The molecule has 0 aromatic heterocycles. The third-order valence-electron chi connectivity index (χ3n) is 2.68. The van der Waals surface area contributed by atoms with Crippen molar-refractivity contribution in [2.75, 3.05) is 39.9 Å². The topological polar surface area (TPSA) is 49.0 Å². The van der Waals surface area contributed by atoms with Crippen LogP contribution in [0.3, 0.4) is 0 Å². The lowest BCUT2D eigenvalue weighted by molar-refractivity contribution is -0.109. The molecule has 19 heavy (non-hydrogen) atoms. The van der Waals surface area contributed by atoms with Crippen LogP contribution < -0.4 is 10.1 Å². The van der Waals surface area contributed by atoms with E-state index in [9.17, 15) is 0 Å². The zero-order valence-electron chi connectivity index (χ0n) is 12.0. The number of ether oxygens (including phenoxy) is 4. The SMILES string of the molecule is COCCOc1ccc(NC(C)C(OC)OC)cc1. The van der Waals surface area contributed by atoms with Gasteiger partial charge in [-0.15, -0.1) is 0 Å². The summed E-state index contributed by atoms with van der Waals surface area (Å²) in [6.45, 7) is 3.14. The Morgan fingerprint density at radius 2 is 1.63 bits per heavy atom. The quantitative estimate of drug-likeness (QED) is 0.550. The van der Waals surface area contributed by atoms with Crippen LogP contribution in [-0.4, -0.2) is 46.9 Å². The Labute approximate surface area is 114 Å². The molecule has 1 unspecified atom stereocenters. The minimum absolute atomic E-state index is 0.0512. The molecule has 0 radical (unpaired) electrons. The highest BCUT2D eigenvalue weighted by molar-refractivity contribution is 5.47. The minimum Gasteiger partial charge on any atom is -0.491 e. The number of nitrogens with one attached hydrogen (secondary N) is 1. The fraction of sp³-hybridized carbons (Fsp3) is 0.571. The van der Waals surface area contributed by atoms with E-state index in [-0.39, 0.29) is 12.3 Å². The molecular formula is C14H23NO4. The van der Waals surface area contributed by atoms with Gasteiger partial charge in [0.15, 0.2) is 6.29 Å². The van der Waals surface area contributed by atoms with Crippen molar-refractivity contribution in [2.45, 2.75) is 19.3 Å². The van der Waals surface area contributed by atoms with Crippen LogP contribution in [0.1, 0.15) is 6.92 Å². The van der Waals surface area contributed by atoms with Crippen molar-refractivity contribution in [3.63, 3.8) is 0 Å². The number of benzene rings is 1. The van der Waals surface area contributed by atoms with Gasteiger partial charge in [-0.25, -0.2) is 0 Å². The van der Waals surface area contributed by atoms with Gasteiger partial charge in [0, 0.05) is 27.0 Å². The molecule has 1 N–H and O–H groups in total. The Morgan fingerprint density at radius 3 is 2.16 bits per heavy atom. The van der Waals surface area contributed by atoms with Crippen molar-refractivity contribution in [1.82, 2.24) is 0 Å². The van der Waals surface area contributed by atoms with Gasteiger partial charge in [0.1, 0.15) is 12.4 Å². The molecule has 0 amide bonds. The van der Waals surface area contributed by atoms with Gasteiger partial charge in [-0.3, -0.25) is 0 Å². The van der Waals surface area contributed by atoms with E-state index in [4.69, 9.17) is 18.9 Å². The van der Waals surface area contributed by atoms with E-state index in [0.29, 0.717) is 13.2 Å². The summed E-state index contributed by atoms with van der Waals surface area (Å²) in [4.78, 5) is 0. The summed E-state index contributed by atoms with van der Waals surface area (Å²) in [6.07, 6.45) is -0.280. The molecule has 0 saturated heterocycles. The van der Waals surface area contributed by atoms with Crippen molar-refractivity contribution in [1.29, 1.82) is 0 Å². The summed E-state index contributed by atoms with van der Waals surface area (Å²) in [7, 11) is 4.90. The van der Waals surface area contributed by atoms with E-state index in [1.807, 2.05) is 31.2 Å². The first-order valence-corrected chi connectivity index (χ1v) is 6.25. The van der Waals surface area contributed by atoms with Crippen LogP contribution in [0.4, 0.5) is 5.69 Å². The second kappa shape index (κ2) is 8.74. The van der Waals surface area contributed by atoms with Crippen molar-refractivity contribution in [3.8, 4) is 5.75 Å². The van der Waals surface area contributed by atoms with Gasteiger partial charge in [-0.2, -0.15) is 0 Å². The number of rotatable bonds is 9. The van der Waals surface area contributed by atoms with Gasteiger partial charge in [0.25, 0.3) is 0 Å². The number of methoxy groups -OCH3 is 3.